The Kier molecular flexibility index (Phi) is 3.33. The Labute approximate surface area is 107 Å². The van der Waals surface area contributed by atoms with Crippen LogP contribution in [-0.4, -0.2) is 12.1 Å². The number of methoxy groups -OCH3 is 1. The molecule has 0 atom stereocenters. The summed E-state index contributed by atoms with van der Waals surface area (Å²) in [6.45, 7) is 0. The fourth-order valence-corrected chi connectivity index (χ4v) is 1.63. The highest BCUT2D eigenvalue weighted by Gasteiger charge is 2.33. The molecule has 0 bridgehead atoms. The van der Waals surface area contributed by atoms with E-state index in [0.29, 0.717) is 11.3 Å². The van der Waals surface area contributed by atoms with Crippen LogP contribution in [0.4, 0.5) is 18.9 Å². The van der Waals surface area contributed by atoms with Gasteiger partial charge in [-0.25, -0.2) is 4.98 Å². The topological polar surface area (TPSA) is 48.1 Å². The van der Waals surface area contributed by atoms with Crippen LogP contribution in [0.15, 0.2) is 36.4 Å². The van der Waals surface area contributed by atoms with E-state index in [-0.39, 0.29) is 11.4 Å². The highest BCUT2D eigenvalue weighted by molar-refractivity contribution is 5.73. The summed E-state index contributed by atoms with van der Waals surface area (Å²) in [7, 11) is 1.47. The summed E-state index contributed by atoms with van der Waals surface area (Å²) in [6.07, 6.45) is -4.50. The number of nitrogens with two attached hydrogens (primary N) is 1. The number of alkyl halides is 3. The molecular weight excluding hydrogens is 257 g/mol. The Balaban J connectivity index is 2.54. The number of ether oxygens (including phenoxy) is 1. The molecule has 0 radical (unpaired) electrons. The number of aromatic nitrogens is 1. The van der Waals surface area contributed by atoms with Crippen LogP contribution in [0.25, 0.3) is 11.3 Å². The van der Waals surface area contributed by atoms with Gasteiger partial charge in [0, 0.05) is 5.56 Å². The van der Waals surface area contributed by atoms with Gasteiger partial charge in [0.25, 0.3) is 0 Å². The Hall–Kier alpha value is -2.24. The van der Waals surface area contributed by atoms with Crippen LogP contribution >= 0.6 is 0 Å². The number of nitrogens with zero attached hydrogens (tertiary/aromatic N) is 1. The van der Waals surface area contributed by atoms with E-state index in [1.165, 1.54) is 13.2 Å². The van der Waals surface area contributed by atoms with Gasteiger partial charge in [-0.15, -0.1) is 0 Å². The largest absolute Gasteiger partial charge is 0.497 e. The first-order chi connectivity index (χ1) is 8.91. The van der Waals surface area contributed by atoms with Gasteiger partial charge in [-0.2, -0.15) is 13.2 Å². The van der Waals surface area contributed by atoms with E-state index >= 15 is 0 Å². The van der Waals surface area contributed by atoms with E-state index in [1.54, 1.807) is 24.3 Å². The first-order valence-corrected chi connectivity index (χ1v) is 5.40. The Morgan fingerprint density at radius 3 is 2.53 bits per heavy atom. The van der Waals surface area contributed by atoms with Crippen molar-refractivity contribution in [3.8, 4) is 17.0 Å². The zero-order valence-electron chi connectivity index (χ0n) is 10.0. The van der Waals surface area contributed by atoms with E-state index < -0.39 is 11.9 Å². The molecule has 100 valence electrons. The third-order valence-corrected chi connectivity index (χ3v) is 2.56. The van der Waals surface area contributed by atoms with Gasteiger partial charge in [-0.05, 0) is 24.3 Å². The second-order valence-electron chi connectivity index (χ2n) is 3.86. The SMILES string of the molecule is COc1cccc(-c2nc(C(F)(F)F)ccc2N)c1. The second kappa shape index (κ2) is 4.79. The van der Waals surface area contributed by atoms with Crippen molar-refractivity contribution in [3.05, 3.63) is 42.1 Å². The minimum atomic E-state index is -4.50. The van der Waals surface area contributed by atoms with Crippen LogP contribution in [0.2, 0.25) is 0 Å². The smallest absolute Gasteiger partial charge is 0.433 e. The molecule has 0 saturated heterocycles. The Morgan fingerprint density at radius 1 is 1.16 bits per heavy atom. The number of hydrogen-bond acceptors (Lipinski definition) is 3. The molecule has 2 aromatic rings. The van der Waals surface area contributed by atoms with E-state index in [9.17, 15) is 13.2 Å². The quantitative estimate of drug-likeness (QED) is 0.908. The molecule has 6 heteroatoms. The van der Waals surface area contributed by atoms with Gasteiger partial charge in [0.05, 0.1) is 18.5 Å². The van der Waals surface area contributed by atoms with Gasteiger partial charge in [0.2, 0.25) is 0 Å². The van der Waals surface area contributed by atoms with Gasteiger partial charge in [0.1, 0.15) is 11.4 Å². The molecule has 1 heterocycles. The molecule has 2 rings (SSSR count). The molecule has 0 aliphatic heterocycles. The minimum Gasteiger partial charge on any atom is -0.497 e. The van der Waals surface area contributed by atoms with E-state index in [0.717, 1.165) is 6.07 Å². The van der Waals surface area contributed by atoms with Crippen LogP contribution in [-0.2, 0) is 6.18 Å². The lowest BCUT2D eigenvalue weighted by Crippen LogP contribution is -2.09. The maximum absolute atomic E-state index is 12.6. The van der Waals surface area contributed by atoms with Crippen LogP contribution in [0.1, 0.15) is 5.69 Å². The maximum atomic E-state index is 12.6. The molecule has 1 aromatic carbocycles. The van der Waals surface area contributed by atoms with Gasteiger partial charge in [0.15, 0.2) is 0 Å². The summed E-state index contributed by atoms with van der Waals surface area (Å²) in [5.41, 5.74) is 5.46. The van der Waals surface area contributed by atoms with Crippen LogP contribution < -0.4 is 10.5 Å². The Bertz CT molecular complexity index is 597. The standard InChI is InChI=1S/C13H11F3N2O/c1-19-9-4-2-3-8(7-9)12-10(17)5-6-11(18-12)13(14,15)16/h2-7H,17H2,1H3. The molecule has 19 heavy (non-hydrogen) atoms. The molecule has 0 unspecified atom stereocenters. The zero-order valence-corrected chi connectivity index (χ0v) is 10.0. The molecule has 0 aliphatic rings. The maximum Gasteiger partial charge on any atom is 0.433 e. The highest BCUT2D eigenvalue weighted by atomic mass is 19.4. The van der Waals surface area contributed by atoms with Gasteiger partial charge in [-0.1, -0.05) is 12.1 Å². The lowest BCUT2D eigenvalue weighted by atomic mass is 10.1. The number of hydrogen-bond donors (Lipinski definition) is 1. The zero-order chi connectivity index (χ0) is 14.0. The van der Waals surface area contributed by atoms with Crippen molar-refractivity contribution in [3.63, 3.8) is 0 Å². The first kappa shape index (κ1) is 13.2. The molecule has 0 saturated carbocycles. The average Bonchev–Trinajstić information content (AvgIpc) is 2.38. The van der Waals surface area contributed by atoms with Crippen LogP contribution in [0.3, 0.4) is 0 Å². The van der Waals surface area contributed by atoms with Crippen molar-refractivity contribution in [1.82, 2.24) is 4.98 Å². The number of rotatable bonds is 2. The van der Waals surface area contributed by atoms with Crippen molar-refractivity contribution in [2.24, 2.45) is 0 Å². The summed E-state index contributed by atoms with van der Waals surface area (Å²) in [5.74, 6) is 0.524. The van der Waals surface area contributed by atoms with Crippen molar-refractivity contribution in [2.75, 3.05) is 12.8 Å². The van der Waals surface area contributed by atoms with Gasteiger partial charge < -0.3 is 10.5 Å². The third kappa shape index (κ3) is 2.78. The normalized spacial score (nSPS) is 11.4. The summed E-state index contributed by atoms with van der Waals surface area (Å²) < 4.78 is 42.9. The van der Waals surface area contributed by atoms with Gasteiger partial charge >= 0.3 is 6.18 Å². The van der Waals surface area contributed by atoms with Crippen LogP contribution in [0, 0.1) is 0 Å². The van der Waals surface area contributed by atoms with Gasteiger partial charge in [-0.3, -0.25) is 0 Å². The predicted molar refractivity (Wildman–Crippen MR) is 65.6 cm³/mol. The number of halogens is 3. The summed E-state index contributed by atoms with van der Waals surface area (Å²) >= 11 is 0. The summed E-state index contributed by atoms with van der Waals surface area (Å²) in [6, 6.07) is 8.62. The van der Waals surface area contributed by atoms with Crippen LogP contribution in [0.5, 0.6) is 5.75 Å². The molecule has 0 amide bonds. The summed E-state index contributed by atoms with van der Waals surface area (Å²) in [5, 5.41) is 0. The molecule has 3 nitrogen and oxygen atoms in total. The number of nitrogen functional groups attached to an aromatic ring is 1. The molecular formula is C13H11F3N2O. The van der Waals surface area contributed by atoms with E-state index in [4.69, 9.17) is 10.5 Å². The van der Waals surface area contributed by atoms with Crippen molar-refractivity contribution in [2.45, 2.75) is 6.18 Å². The monoisotopic (exact) mass is 268 g/mol. The lowest BCUT2D eigenvalue weighted by molar-refractivity contribution is -0.141. The lowest BCUT2D eigenvalue weighted by Gasteiger charge is -2.11. The van der Waals surface area contributed by atoms with Crippen molar-refractivity contribution < 1.29 is 17.9 Å². The molecule has 1 aromatic heterocycles. The molecule has 0 spiro atoms. The number of anilines is 1. The molecule has 0 fully saturated rings. The number of benzene rings is 1. The minimum absolute atomic E-state index is 0.0914. The fraction of sp³-hybridized carbons (Fsp3) is 0.154. The number of pyridine rings is 1. The fourth-order valence-electron chi connectivity index (χ4n) is 1.63. The van der Waals surface area contributed by atoms with Crippen molar-refractivity contribution >= 4 is 5.69 Å². The third-order valence-electron chi connectivity index (χ3n) is 2.56. The first-order valence-electron chi connectivity index (χ1n) is 5.40. The van der Waals surface area contributed by atoms with E-state index in [2.05, 4.69) is 4.98 Å². The second-order valence-corrected chi connectivity index (χ2v) is 3.86. The Morgan fingerprint density at radius 2 is 1.89 bits per heavy atom. The average molecular weight is 268 g/mol. The summed E-state index contributed by atoms with van der Waals surface area (Å²) in [4.78, 5) is 3.58. The van der Waals surface area contributed by atoms with E-state index in [1.807, 2.05) is 0 Å². The highest BCUT2D eigenvalue weighted by Crippen LogP contribution is 2.32. The molecule has 0 aliphatic carbocycles. The predicted octanol–water partition coefficient (Wildman–Crippen LogP) is 3.36. The molecule has 2 N–H and O–H groups in total. The van der Waals surface area contributed by atoms with Crippen molar-refractivity contribution in [1.29, 1.82) is 0 Å².